The number of carbonyl (C=O) groups excluding carboxylic acids is 3. The highest BCUT2D eigenvalue weighted by molar-refractivity contribution is 5.95. The maximum Gasteiger partial charge on any atom is 0.407 e. The normalized spacial score (nSPS) is 20.7. The van der Waals surface area contributed by atoms with E-state index < -0.39 is 29.3 Å². The van der Waals surface area contributed by atoms with E-state index in [0.717, 1.165) is 0 Å². The summed E-state index contributed by atoms with van der Waals surface area (Å²) in [6.07, 6.45) is 2.11. The first-order valence-electron chi connectivity index (χ1n) is 8.03. The summed E-state index contributed by atoms with van der Waals surface area (Å²) >= 11 is 0. The second kappa shape index (κ2) is 7.68. The predicted octanol–water partition coefficient (Wildman–Crippen LogP) is 2.41. The Morgan fingerprint density at radius 1 is 0.958 bits per heavy atom. The SMILES string of the molecule is CC(C)(C)OC(=O)NC[C@@H]1C(=O)C=C[C@H]1CNC(=O)OC(C)(C)C. The maximum atomic E-state index is 11.9. The Kier molecular flexibility index (Phi) is 6.40. The number of rotatable bonds is 4. The number of ether oxygens (including phenoxy) is 2. The van der Waals surface area contributed by atoms with Crippen LogP contribution in [0.5, 0.6) is 0 Å². The van der Waals surface area contributed by atoms with Gasteiger partial charge in [-0.2, -0.15) is 0 Å². The molecular weight excluding hydrogens is 312 g/mol. The third-order valence-electron chi connectivity index (χ3n) is 3.14. The molecule has 0 radical (unpaired) electrons. The highest BCUT2D eigenvalue weighted by Crippen LogP contribution is 2.21. The predicted molar refractivity (Wildman–Crippen MR) is 89.6 cm³/mol. The minimum Gasteiger partial charge on any atom is -0.444 e. The van der Waals surface area contributed by atoms with Crippen LogP contribution in [0.25, 0.3) is 0 Å². The Morgan fingerprint density at radius 2 is 1.42 bits per heavy atom. The summed E-state index contributed by atoms with van der Waals surface area (Å²) in [6.45, 7) is 11.0. The summed E-state index contributed by atoms with van der Waals surface area (Å²) in [5.41, 5.74) is -1.18. The number of alkyl carbamates (subject to hydrolysis) is 2. The molecule has 0 unspecified atom stereocenters. The summed E-state index contributed by atoms with van der Waals surface area (Å²) in [6, 6.07) is 0. The van der Waals surface area contributed by atoms with Gasteiger partial charge >= 0.3 is 12.2 Å². The Hall–Kier alpha value is -2.05. The molecule has 24 heavy (non-hydrogen) atoms. The van der Waals surface area contributed by atoms with E-state index in [0.29, 0.717) is 0 Å². The van der Waals surface area contributed by atoms with Crippen molar-refractivity contribution in [1.82, 2.24) is 10.6 Å². The highest BCUT2D eigenvalue weighted by Gasteiger charge is 2.31. The van der Waals surface area contributed by atoms with Crippen molar-refractivity contribution in [3.8, 4) is 0 Å². The molecule has 7 heteroatoms. The number of amides is 2. The van der Waals surface area contributed by atoms with Crippen molar-refractivity contribution in [2.24, 2.45) is 11.8 Å². The largest absolute Gasteiger partial charge is 0.444 e. The van der Waals surface area contributed by atoms with Crippen molar-refractivity contribution in [3.63, 3.8) is 0 Å². The number of nitrogens with one attached hydrogen (secondary N) is 2. The average Bonchev–Trinajstić information content (AvgIpc) is 2.70. The Balaban J connectivity index is 2.47. The molecule has 2 atom stereocenters. The lowest BCUT2D eigenvalue weighted by atomic mass is 9.94. The van der Waals surface area contributed by atoms with Gasteiger partial charge < -0.3 is 20.1 Å². The van der Waals surface area contributed by atoms with Gasteiger partial charge in [-0.15, -0.1) is 0 Å². The molecule has 0 saturated carbocycles. The van der Waals surface area contributed by atoms with E-state index in [-0.39, 0.29) is 24.8 Å². The van der Waals surface area contributed by atoms with Gasteiger partial charge in [0.1, 0.15) is 11.2 Å². The van der Waals surface area contributed by atoms with E-state index >= 15 is 0 Å². The van der Waals surface area contributed by atoms with Crippen molar-refractivity contribution in [2.45, 2.75) is 52.7 Å². The van der Waals surface area contributed by atoms with E-state index in [9.17, 15) is 14.4 Å². The number of ketones is 1. The molecule has 0 aliphatic heterocycles. The van der Waals surface area contributed by atoms with E-state index in [1.165, 1.54) is 6.08 Å². The van der Waals surface area contributed by atoms with Crippen LogP contribution in [-0.2, 0) is 14.3 Å². The van der Waals surface area contributed by atoms with Crippen molar-refractivity contribution in [1.29, 1.82) is 0 Å². The lowest BCUT2D eigenvalue weighted by Gasteiger charge is -2.23. The summed E-state index contributed by atoms with van der Waals surface area (Å²) in [7, 11) is 0. The number of allylic oxidation sites excluding steroid dienone is 1. The van der Waals surface area contributed by atoms with Crippen LogP contribution >= 0.6 is 0 Å². The van der Waals surface area contributed by atoms with Crippen LogP contribution in [0, 0.1) is 11.8 Å². The molecule has 1 rings (SSSR count). The summed E-state index contributed by atoms with van der Waals surface area (Å²) < 4.78 is 10.3. The van der Waals surface area contributed by atoms with Gasteiger partial charge in [0, 0.05) is 24.9 Å². The second-order valence-electron chi connectivity index (χ2n) is 7.80. The fraction of sp³-hybridized carbons (Fsp3) is 0.706. The van der Waals surface area contributed by atoms with Gasteiger partial charge in [-0.3, -0.25) is 4.79 Å². The zero-order chi connectivity index (χ0) is 18.5. The molecule has 0 aromatic rings. The summed E-state index contributed by atoms with van der Waals surface area (Å²) in [5, 5.41) is 5.25. The van der Waals surface area contributed by atoms with E-state index in [1.807, 2.05) is 0 Å². The van der Waals surface area contributed by atoms with Gasteiger partial charge in [0.05, 0.1) is 0 Å². The third-order valence-corrected chi connectivity index (χ3v) is 3.14. The molecule has 2 amide bonds. The van der Waals surface area contributed by atoms with E-state index in [4.69, 9.17) is 9.47 Å². The van der Waals surface area contributed by atoms with Gasteiger partial charge in [-0.25, -0.2) is 9.59 Å². The second-order valence-corrected chi connectivity index (χ2v) is 7.80. The monoisotopic (exact) mass is 340 g/mol. The molecule has 2 N–H and O–H groups in total. The summed E-state index contributed by atoms with van der Waals surface area (Å²) in [5.74, 6) is -0.700. The first-order chi connectivity index (χ1) is 10.9. The minimum absolute atomic E-state index is 0.0814. The van der Waals surface area contributed by atoms with Gasteiger partial charge in [0.25, 0.3) is 0 Å². The Morgan fingerprint density at radius 3 is 1.88 bits per heavy atom. The Labute approximate surface area is 143 Å². The zero-order valence-corrected chi connectivity index (χ0v) is 15.3. The van der Waals surface area contributed by atoms with Crippen LogP contribution in [0.1, 0.15) is 41.5 Å². The standard InChI is InChI=1S/C17H28N2O5/c1-16(2,3)23-14(21)18-9-11-7-8-13(20)12(11)10-19-15(22)24-17(4,5)6/h7-8,11-12H,9-10H2,1-6H3,(H,18,21)(H,19,22)/t11-,12-/m0/s1. The molecule has 0 fully saturated rings. The van der Waals surface area contributed by atoms with Crippen LogP contribution in [0.2, 0.25) is 0 Å². The first kappa shape index (κ1) is 20.0. The molecule has 0 saturated heterocycles. The molecule has 0 spiro atoms. The molecule has 0 bridgehead atoms. The molecule has 1 aliphatic carbocycles. The van der Waals surface area contributed by atoms with Crippen LogP contribution in [0.3, 0.4) is 0 Å². The smallest absolute Gasteiger partial charge is 0.407 e. The highest BCUT2D eigenvalue weighted by atomic mass is 16.6. The molecule has 0 aromatic carbocycles. The number of hydrogen-bond donors (Lipinski definition) is 2. The van der Waals surface area contributed by atoms with E-state index in [2.05, 4.69) is 10.6 Å². The quantitative estimate of drug-likeness (QED) is 0.819. The van der Waals surface area contributed by atoms with Crippen molar-refractivity contribution < 1.29 is 23.9 Å². The van der Waals surface area contributed by atoms with Crippen LogP contribution in [0.15, 0.2) is 12.2 Å². The molecule has 1 aliphatic rings. The lowest BCUT2D eigenvalue weighted by Crippen LogP contribution is -2.41. The molecule has 0 aromatic heterocycles. The lowest BCUT2D eigenvalue weighted by molar-refractivity contribution is -0.118. The first-order valence-corrected chi connectivity index (χ1v) is 8.03. The van der Waals surface area contributed by atoms with Crippen LogP contribution in [0.4, 0.5) is 9.59 Å². The van der Waals surface area contributed by atoms with E-state index in [1.54, 1.807) is 47.6 Å². The van der Waals surface area contributed by atoms with Crippen LogP contribution in [-0.4, -0.2) is 42.3 Å². The number of carbonyl (C=O) groups is 3. The number of hydrogen-bond acceptors (Lipinski definition) is 5. The van der Waals surface area contributed by atoms with Gasteiger partial charge in [-0.1, -0.05) is 6.08 Å². The molecule has 7 nitrogen and oxygen atoms in total. The van der Waals surface area contributed by atoms with Gasteiger partial charge in [0.15, 0.2) is 5.78 Å². The minimum atomic E-state index is -0.598. The van der Waals surface area contributed by atoms with Crippen molar-refractivity contribution in [3.05, 3.63) is 12.2 Å². The average molecular weight is 340 g/mol. The van der Waals surface area contributed by atoms with Crippen LogP contribution < -0.4 is 10.6 Å². The van der Waals surface area contributed by atoms with Gasteiger partial charge in [0.2, 0.25) is 0 Å². The maximum absolute atomic E-state index is 11.9. The molecular formula is C17H28N2O5. The molecule has 136 valence electrons. The summed E-state index contributed by atoms with van der Waals surface area (Å²) in [4.78, 5) is 35.3. The zero-order valence-electron chi connectivity index (χ0n) is 15.3. The van der Waals surface area contributed by atoms with Crippen molar-refractivity contribution >= 4 is 18.0 Å². The van der Waals surface area contributed by atoms with Crippen molar-refractivity contribution in [2.75, 3.05) is 13.1 Å². The fourth-order valence-corrected chi connectivity index (χ4v) is 2.17. The Bertz CT molecular complexity index is 514. The third kappa shape index (κ3) is 7.48. The molecule has 0 heterocycles. The fourth-order valence-electron chi connectivity index (χ4n) is 2.17. The van der Waals surface area contributed by atoms with Gasteiger partial charge in [-0.05, 0) is 47.6 Å². The topological polar surface area (TPSA) is 93.7 Å².